The molecule has 1 aliphatic heterocycles. The minimum absolute atomic E-state index is 0.00653. The zero-order valence-corrected chi connectivity index (χ0v) is 27.7. The van der Waals surface area contributed by atoms with Gasteiger partial charge in [0, 0.05) is 56.9 Å². The second kappa shape index (κ2) is 29.1. The molecule has 0 aromatic rings. The lowest BCUT2D eigenvalue weighted by Crippen LogP contribution is -2.38. The zero-order valence-electron chi connectivity index (χ0n) is 23.8. The van der Waals surface area contributed by atoms with E-state index in [1.165, 1.54) is 19.0 Å². The van der Waals surface area contributed by atoms with Crippen molar-refractivity contribution in [2.75, 3.05) is 40.4 Å². The Labute approximate surface area is 263 Å². The predicted molar refractivity (Wildman–Crippen MR) is 164 cm³/mol. The van der Waals surface area contributed by atoms with Gasteiger partial charge in [-0.25, -0.2) is 0 Å². The Morgan fingerprint density at radius 2 is 1.60 bits per heavy atom. The number of hydrogen-bond acceptors (Lipinski definition) is 13. The molecule has 17 nitrogen and oxygen atoms in total. The second-order valence-corrected chi connectivity index (χ2v) is 12.5. The standard InChI is InChI=1S/C9H18N2O4.C6H9NO2.C4H7NO4.C3H9NO2.IPS/c1-6(3-8(14)10-2)9(15)11-4-7(13)5-12;1-4-3-5(8)7(2)6(4)9;5-2(4(8)9)1-3(6)7;4-1-3(6)2-5;1-2-3/h6-7,12-13H,3-5H2,1-2H3,(H,10,14)(H,11,15);4H,3H2,1-2H3;2H,1,5H2,(H,6,7)(H,8,9);3,5-6H,1-2,4H2;. The largest absolute Gasteiger partial charge is 0.481 e. The van der Waals surface area contributed by atoms with Gasteiger partial charge in [-0.05, 0) is 33.8 Å². The smallest absolute Gasteiger partial charge is 0.321 e. The van der Waals surface area contributed by atoms with Crippen molar-refractivity contribution < 1.29 is 59.4 Å². The highest BCUT2D eigenvalue weighted by Crippen LogP contribution is 2.15. The van der Waals surface area contributed by atoms with Crippen LogP contribution in [0.1, 0.15) is 33.1 Å². The van der Waals surface area contributed by atoms with E-state index in [9.17, 15) is 28.8 Å². The molecule has 0 aliphatic carbocycles. The first-order valence-electron chi connectivity index (χ1n) is 12.1. The van der Waals surface area contributed by atoms with Crippen molar-refractivity contribution >= 4 is 74.4 Å². The number of carboxylic acids is 2. The van der Waals surface area contributed by atoms with E-state index in [0.29, 0.717) is 6.42 Å². The third-order valence-corrected chi connectivity index (χ3v) is 4.74. The number of carbonyl (C=O) groups excluding carboxylic acids is 4. The molecule has 1 aliphatic rings. The first-order chi connectivity index (χ1) is 19.4. The molecule has 0 saturated carbocycles. The van der Waals surface area contributed by atoms with E-state index in [1.807, 2.05) is 0 Å². The first-order valence-corrected chi connectivity index (χ1v) is 16.8. The van der Waals surface area contributed by atoms with Crippen molar-refractivity contribution in [3.8, 4) is 0 Å². The number of aliphatic carboxylic acids is 2. The minimum Gasteiger partial charge on any atom is -0.481 e. The topological polar surface area (TPSA) is 303 Å². The lowest BCUT2D eigenvalue weighted by atomic mass is 10.1. The molecule has 1 saturated heterocycles. The summed E-state index contributed by atoms with van der Waals surface area (Å²) in [6.07, 6.45) is -1.73. The van der Waals surface area contributed by atoms with Gasteiger partial charge in [0.05, 0.1) is 31.8 Å². The van der Waals surface area contributed by atoms with Crippen LogP contribution in [0.2, 0.25) is 0 Å². The molecule has 1 fully saturated rings. The Balaban J connectivity index is -0.000000233. The fourth-order valence-corrected chi connectivity index (χ4v) is 2.22. The monoisotopic (exact) mass is 759 g/mol. The van der Waals surface area contributed by atoms with Crippen molar-refractivity contribution in [1.29, 1.82) is 0 Å². The third-order valence-electron chi connectivity index (χ3n) is 4.74. The van der Waals surface area contributed by atoms with Crippen LogP contribution >= 0.6 is 27.0 Å². The lowest BCUT2D eigenvalue weighted by Gasteiger charge is -2.13. The number of carboxylic acid groups (broad SMARTS) is 2. The van der Waals surface area contributed by atoms with Gasteiger partial charge in [-0.3, -0.25) is 33.7 Å². The second-order valence-electron chi connectivity index (χ2n) is 8.44. The Morgan fingerprint density at radius 1 is 1.12 bits per heavy atom. The maximum Gasteiger partial charge on any atom is 0.321 e. The Bertz CT molecular complexity index is 840. The van der Waals surface area contributed by atoms with E-state index < -0.39 is 49.1 Å². The molecule has 12 N–H and O–H groups in total. The van der Waals surface area contributed by atoms with Crippen molar-refractivity contribution in [3.05, 3.63) is 0 Å². The summed E-state index contributed by atoms with van der Waals surface area (Å²) in [6, 6.07) is -1.29. The van der Waals surface area contributed by atoms with Gasteiger partial charge in [0.15, 0.2) is 0 Å². The zero-order chi connectivity index (χ0) is 34.0. The summed E-state index contributed by atoms with van der Waals surface area (Å²) in [4.78, 5) is 65.6. The van der Waals surface area contributed by atoms with Crippen molar-refractivity contribution in [3.63, 3.8) is 0 Å². The number of aliphatic hydroxyl groups excluding tert-OH is 4. The van der Waals surface area contributed by atoms with E-state index >= 15 is 0 Å². The summed E-state index contributed by atoms with van der Waals surface area (Å²) in [5.41, 5.74) is 9.71. The highest BCUT2D eigenvalue weighted by atomic mass is 127. The molecule has 20 heteroatoms. The fraction of sp³-hybridized carbons (Fsp3) is 0.727. The highest BCUT2D eigenvalue weighted by Gasteiger charge is 2.32. The number of carbonyl (C=O) groups is 6. The molecular weight excluding hydrogens is 716 g/mol. The number of amides is 4. The molecule has 1 heterocycles. The third kappa shape index (κ3) is 28.2. The molecule has 0 aromatic heterocycles. The fourth-order valence-electron chi connectivity index (χ4n) is 2.22. The molecule has 5 atom stereocenters. The van der Waals surface area contributed by atoms with Gasteiger partial charge in [-0.15, -0.1) is 0 Å². The van der Waals surface area contributed by atoms with Crippen LogP contribution in [0, 0.1) is 11.8 Å². The Kier molecular flexibility index (Phi) is 32.6. The molecule has 42 heavy (non-hydrogen) atoms. The molecule has 1 rings (SSSR count). The van der Waals surface area contributed by atoms with E-state index in [1.54, 1.807) is 13.8 Å². The summed E-state index contributed by atoms with van der Waals surface area (Å²) in [5.74, 6) is -3.68. The van der Waals surface area contributed by atoms with Crippen LogP contribution in [0.15, 0.2) is 0 Å². The van der Waals surface area contributed by atoms with Gasteiger partial charge in [0.1, 0.15) is 6.04 Å². The Morgan fingerprint density at radius 3 is 1.81 bits per heavy atom. The predicted octanol–water partition coefficient (Wildman–Crippen LogP) is -2.84. The van der Waals surface area contributed by atoms with E-state index in [2.05, 4.69) is 44.5 Å². The lowest BCUT2D eigenvalue weighted by molar-refractivity contribution is -0.144. The molecule has 4 amide bonds. The summed E-state index contributed by atoms with van der Waals surface area (Å²) in [6.45, 7) is 2.88. The average molecular weight is 760 g/mol. The molecular formula is C22H43IN5O12PS. The van der Waals surface area contributed by atoms with Crippen LogP contribution < -0.4 is 22.1 Å². The molecule has 5 unspecified atom stereocenters. The van der Waals surface area contributed by atoms with Gasteiger partial charge < -0.3 is 52.7 Å². The quantitative estimate of drug-likeness (QED) is 0.0576. The summed E-state index contributed by atoms with van der Waals surface area (Å²) >= 11 is 6.43. The summed E-state index contributed by atoms with van der Waals surface area (Å²) in [7, 11) is 3.02. The number of imide groups is 1. The highest BCUT2D eigenvalue weighted by molar-refractivity contribution is 14.2. The van der Waals surface area contributed by atoms with Crippen LogP contribution in [0.5, 0.6) is 0 Å². The number of halogens is 1. The maximum atomic E-state index is 11.3. The summed E-state index contributed by atoms with van der Waals surface area (Å²) in [5, 5.41) is 54.7. The van der Waals surface area contributed by atoms with Crippen LogP contribution in [-0.2, 0) is 40.6 Å². The minimum atomic E-state index is -1.29. The van der Waals surface area contributed by atoms with E-state index in [-0.39, 0.29) is 55.7 Å². The molecule has 246 valence electrons. The first kappa shape index (κ1) is 47.0. The van der Waals surface area contributed by atoms with Gasteiger partial charge in [0.2, 0.25) is 23.6 Å². The molecule has 0 spiro atoms. The van der Waals surface area contributed by atoms with Gasteiger partial charge >= 0.3 is 11.9 Å². The molecule has 0 radical (unpaired) electrons. The van der Waals surface area contributed by atoms with Crippen molar-refractivity contribution in [1.82, 2.24) is 15.5 Å². The number of nitrogens with one attached hydrogen (secondary N) is 2. The van der Waals surface area contributed by atoms with E-state index in [0.717, 1.165) is 5.00 Å². The normalized spacial score (nSPS) is 16.3. The number of likely N-dealkylation sites (tertiary alicyclic amines) is 1. The van der Waals surface area contributed by atoms with E-state index in [4.69, 9.17) is 42.1 Å². The summed E-state index contributed by atoms with van der Waals surface area (Å²) < 4.78 is 0. The number of nitrogens with zero attached hydrogens (tertiary/aromatic N) is 1. The molecule has 0 bridgehead atoms. The van der Waals surface area contributed by atoms with Gasteiger partial charge in [0.25, 0.3) is 0 Å². The van der Waals surface area contributed by atoms with Gasteiger partial charge in [-0.2, -0.15) is 0 Å². The molecule has 0 aromatic carbocycles. The van der Waals surface area contributed by atoms with Crippen molar-refractivity contribution in [2.24, 2.45) is 23.3 Å². The number of nitrogens with two attached hydrogens (primary N) is 2. The SMILES string of the molecule is CC1CC(=O)N(C)C1=O.CNC(=O)CC(C)C(=O)NCC(O)CO.NC(CC(=O)O)C(=O)O.NCC(O)CO.S=PI. The van der Waals surface area contributed by atoms with Crippen LogP contribution in [0.4, 0.5) is 0 Å². The van der Waals surface area contributed by atoms with Crippen LogP contribution in [0.3, 0.4) is 0 Å². The van der Waals surface area contributed by atoms with Crippen LogP contribution in [-0.4, -0.2) is 130 Å². The maximum absolute atomic E-state index is 11.3. The van der Waals surface area contributed by atoms with Crippen LogP contribution in [0.25, 0.3) is 0 Å². The van der Waals surface area contributed by atoms with Crippen molar-refractivity contribution in [2.45, 2.75) is 51.4 Å². The Hall–Kier alpha value is -1.97. The number of aliphatic hydroxyl groups is 4. The number of hydrogen-bond donors (Lipinski definition) is 10. The number of rotatable bonds is 11. The average Bonchev–Trinajstić information content (AvgIpc) is 3.16. The van der Waals surface area contributed by atoms with Gasteiger partial charge in [-0.1, -0.05) is 13.8 Å².